The average molecular weight is 400 g/mol. The monoisotopic (exact) mass is 399 g/mol. The van der Waals surface area contributed by atoms with Gasteiger partial charge in [-0.15, -0.1) is 0 Å². The van der Waals surface area contributed by atoms with Crippen molar-refractivity contribution in [2.45, 2.75) is 19.5 Å². The van der Waals surface area contributed by atoms with E-state index in [1.165, 1.54) is 11.1 Å². The molecule has 1 aromatic carbocycles. The van der Waals surface area contributed by atoms with Gasteiger partial charge < -0.3 is 19.9 Å². The summed E-state index contributed by atoms with van der Waals surface area (Å²) in [5, 5.41) is 3.57. The van der Waals surface area contributed by atoms with Gasteiger partial charge in [-0.25, -0.2) is 9.97 Å². The fourth-order valence-electron chi connectivity index (χ4n) is 3.39. The number of nitrogens with zero attached hydrogens (tertiary/aromatic N) is 4. The molecule has 4 rings (SSSR count). The van der Waals surface area contributed by atoms with E-state index < -0.39 is 0 Å². The number of aromatic nitrogens is 2. The van der Waals surface area contributed by atoms with Crippen LogP contribution in [0.4, 0.5) is 5.95 Å². The molecule has 144 valence electrons. The Labute approximate surface area is 166 Å². The van der Waals surface area contributed by atoms with E-state index in [1.807, 2.05) is 12.1 Å². The molecule has 8 nitrogen and oxygen atoms in total. The normalized spacial score (nSPS) is 16.0. The first-order chi connectivity index (χ1) is 13.5. The van der Waals surface area contributed by atoms with Crippen LogP contribution in [0.3, 0.4) is 0 Å². The Morgan fingerprint density at radius 2 is 2.18 bits per heavy atom. The van der Waals surface area contributed by atoms with Crippen LogP contribution >= 0.6 is 11.6 Å². The summed E-state index contributed by atoms with van der Waals surface area (Å²) in [7, 11) is 0. The molecule has 0 saturated carbocycles. The van der Waals surface area contributed by atoms with E-state index in [0.717, 1.165) is 11.8 Å². The predicted octanol–water partition coefficient (Wildman–Crippen LogP) is 1.59. The minimum Gasteiger partial charge on any atom is -0.348 e. The van der Waals surface area contributed by atoms with Crippen molar-refractivity contribution in [2.75, 3.05) is 25.0 Å². The first kappa shape index (κ1) is 18.4. The van der Waals surface area contributed by atoms with Gasteiger partial charge in [0, 0.05) is 37.7 Å². The van der Waals surface area contributed by atoms with Gasteiger partial charge in [-0.3, -0.25) is 9.59 Å². The maximum atomic E-state index is 12.5. The van der Waals surface area contributed by atoms with Crippen molar-refractivity contribution in [3.63, 3.8) is 0 Å². The summed E-state index contributed by atoms with van der Waals surface area (Å²) in [6.07, 6.45) is 2.24. The van der Waals surface area contributed by atoms with Gasteiger partial charge in [0.1, 0.15) is 6.29 Å². The van der Waals surface area contributed by atoms with Gasteiger partial charge in [0.2, 0.25) is 11.9 Å². The van der Waals surface area contributed by atoms with Crippen LogP contribution in [-0.4, -0.2) is 63.5 Å². The number of anilines is 1. The lowest BCUT2D eigenvalue weighted by Gasteiger charge is -2.38. The van der Waals surface area contributed by atoms with E-state index in [0.29, 0.717) is 47.4 Å². The SMILES string of the molecule is CC(=O)N1CC(Nc2ncc(Cl)c(-c3ccc4c(c3)C(=O)N(CC=O)C4)n2)C1. The standard InChI is InChI=1S/C19H18ClN5O3/c1-11(27)25-9-14(10-25)22-19-21-7-16(20)17(23-19)12-2-3-13-8-24(4-5-26)18(28)15(13)6-12/h2-3,5-7,14H,4,8-10H2,1H3,(H,21,22,23). The summed E-state index contributed by atoms with van der Waals surface area (Å²) in [6.45, 7) is 3.25. The number of aldehydes is 1. The number of halogens is 1. The Bertz CT molecular complexity index is 974. The molecule has 2 aromatic rings. The third-order valence-electron chi connectivity index (χ3n) is 4.96. The Kier molecular flexibility index (Phi) is 4.72. The highest BCUT2D eigenvalue weighted by Crippen LogP contribution is 2.31. The number of hydrogen-bond donors (Lipinski definition) is 1. The molecule has 28 heavy (non-hydrogen) atoms. The maximum absolute atomic E-state index is 12.5. The molecule has 1 aromatic heterocycles. The van der Waals surface area contributed by atoms with Crippen LogP contribution < -0.4 is 5.32 Å². The van der Waals surface area contributed by atoms with Crippen molar-refractivity contribution in [1.82, 2.24) is 19.8 Å². The molecule has 1 N–H and O–H groups in total. The van der Waals surface area contributed by atoms with Crippen LogP contribution in [0.15, 0.2) is 24.4 Å². The molecular weight excluding hydrogens is 382 g/mol. The molecule has 0 bridgehead atoms. The summed E-state index contributed by atoms with van der Waals surface area (Å²) >= 11 is 6.30. The van der Waals surface area contributed by atoms with E-state index in [2.05, 4.69) is 15.3 Å². The van der Waals surface area contributed by atoms with Gasteiger partial charge in [0.25, 0.3) is 5.91 Å². The first-order valence-electron chi connectivity index (χ1n) is 8.87. The highest BCUT2D eigenvalue weighted by molar-refractivity contribution is 6.33. The Balaban J connectivity index is 1.56. The van der Waals surface area contributed by atoms with E-state index in [1.54, 1.807) is 17.9 Å². The zero-order valence-corrected chi connectivity index (χ0v) is 15.9. The van der Waals surface area contributed by atoms with Crippen molar-refractivity contribution in [3.05, 3.63) is 40.5 Å². The van der Waals surface area contributed by atoms with Crippen molar-refractivity contribution >= 4 is 35.6 Å². The van der Waals surface area contributed by atoms with Gasteiger partial charge in [-0.2, -0.15) is 0 Å². The number of rotatable bonds is 5. The van der Waals surface area contributed by atoms with Crippen LogP contribution in [-0.2, 0) is 16.1 Å². The Morgan fingerprint density at radius 1 is 1.39 bits per heavy atom. The number of nitrogens with one attached hydrogen (secondary N) is 1. The minimum absolute atomic E-state index is 0.0437. The zero-order valence-electron chi connectivity index (χ0n) is 15.2. The molecule has 1 saturated heterocycles. The lowest BCUT2D eigenvalue weighted by atomic mass is 10.0. The van der Waals surface area contributed by atoms with Crippen molar-refractivity contribution in [3.8, 4) is 11.3 Å². The van der Waals surface area contributed by atoms with E-state index >= 15 is 0 Å². The second-order valence-electron chi connectivity index (χ2n) is 6.88. The summed E-state index contributed by atoms with van der Waals surface area (Å²) in [5.41, 5.74) is 2.65. The van der Waals surface area contributed by atoms with Crippen molar-refractivity contribution in [2.24, 2.45) is 0 Å². The lowest BCUT2D eigenvalue weighted by molar-refractivity contribution is -0.132. The summed E-state index contributed by atoms with van der Waals surface area (Å²) in [4.78, 5) is 46.4. The van der Waals surface area contributed by atoms with Crippen LogP contribution in [0.25, 0.3) is 11.3 Å². The molecule has 0 aliphatic carbocycles. The lowest BCUT2D eigenvalue weighted by Crippen LogP contribution is -2.56. The molecule has 0 atom stereocenters. The highest BCUT2D eigenvalue weighted by Gasteiger charge is 2.30. The average Bonchev–Trinajstić information content (AvgIpc) is 2.94. The smallest absolute Gasteiger partial charge is 0.254 e. The molecule has 9 heteroatoms. The number of amides is 2. The van der Waals surface area contributed by atoms with Gasteiger partial charge in [-0.1, -0.05) is 23.7 Å². The number of benzene rings is 1. The Morgan fingerprint density at radius 3 is 2.89 bits per heavy atom. The van der Waals surface area contributed by atoms with Gasteiger partial charge in [0.05, 0.1) is 29.5 Å². The molecular formula is C19H18ClN5O3. The molecule has 0 unspecified atom stereocenters. The number of hydrogen-bond acceptors (Lipinski definition) is 6. The third-order valence-corrected chi connectivity index (χ3v) is 5.24. The first-order valence-corrected chi connectivity index (χ1v) is 9.25. The Hall–Kier alpha value is -3.00. The topological polar surface area (TPSA) is 95.5 Å². The number of carbonyl (C=O) groups is 3. The molecule has 2 amide bonds. The minimum atomic E-state index is -0.175. The van der Waals surface area contributed by atoms with Crippen molar-refractivity contribution in [1.29, 1.82) is 0 Å². The second kappa shape index (κ2) is 7.20. The van der Waals surface area contributed by atoms with Gasteiger partial charge >= 0.3 is 0 Å². The van der Waals surface area contributed by atoms with Crippen LogP contribution in [0.2, 0.25) is 5.02 Å². The zero-order chi connectivity index (χ0) is 19.8. The molecule has 0 spiro atoms. The summed E-state index contributed by atoms with van der Waals surface area (Å²) in [5.74, 6) is 0.287. The quantitative estimate of drug-likeness (QED) is 0.767. The van der Waals surface area contributed by atoms with Crippen LogP contribution in [0.5, 0.6) is 0 Å². The molecule has 2 aliphatic heterocycles. The molecule has 1 fully saturated rings. The number of fused-ring (bicyclic) bond motifs is 1. The molecule has 3 heterocycles. The van der Waals surface area contributed by atoms with Crippen molar-refractivity contribution < 1.29 is 14.4 Å². The van der Waals surface area contributed by atoms with E-state index in [9.17, 15) is 14.4 Å². The number of carbonyl (C=O) groups excluding carboxylic acids is 3. The largest absolute Gasteiger partial charge is 0.348 e. The fourth-order valence-corrected chi connectivity index (χ4v) is 3.59. The molecule has 2 aliphatic rings. The summed E-state index contributed by atoms with van der Waals surface area (Å²) < 4.78 is 0. The summed E-state index contributed by atoms with van der Waals surface area (Å²) in [6, 6.07) is 5.56. The van der Waals surface area contributed by atoms with Gasteiger partial charge in [0.15, 0.2) is 0 Å². The highest BCUT2D eigenvalue weighted by atomic mass is 35.5. The number of likely N-dealkylation sites (tertiary alicyclic amines) is 1. The second-order valence-corrected chi connectivity index (χ2v) is 7.29. The predicted molar refractivity (Wildman–Crippen MR) is 103 cm³/mol. The van der Waals surface area contributed by atoms with E-state index in [4.69, 9.17) is 11.6 Å². The maximum Gasteiger partial charge on any atom is 0.254 e. The third kappa shape index (κ3) is 3.31. The van der Waals surface area contributed by atoms with Crippen LogP contribution in [0, 0.1) is 0 Å². The fraction of sp³-hybridized carbons (Fsp3) is 0.316. The van der Waals surface area contributed by atoms with E-state index in [-0.39, 0.29) is 24.4 Å². The van der Waals surface area contributed by atoms with Crippen LogP contribution in [0.1, 0.15) is 22.8 Å². The van der Waals surface area contributed by atoms with Gasteiger partial charge in [-0.05, 0) is 11.6 Å². The molecule has 0 radical (unpaired) electrons.